The van der Waals surface area contributed by atoms with Gasteiger partial charge in [0.2, 0.25) is 11.8 Å². The second-order valence-electron chi connectivity index (χ2n) is 4.84. The number of rotatable bonds is 5. The number of nitrogens with one attached hydrogen (secondary N) is 1. The first-order chi connectivity index (χ1) is 9.58. The van der Waals surface area contributed by atoms with Gasteiger partial charge in [-0.15, -0.1) is 0 Å². The summed E-state index contributed by atoms with van der Waals surface area (Å²) in [5.74, 6) is 1.43. The van der Waals surface area contributed by atoms with Crippen LogP contribution in [0.3, 0.4) is 0 Å². The van der Waals surface area contributed by atoms with Crippen LogP contribution in [0.4, 0.5) is 5.69 Å². The van der Waals surface area contributed by atoms with Crippen LogP contribution in [0.5, 0.6) is 0 Å². The van der Waals surface area contributed by atoms with Crippen LogP contribution in [-0.2, 0) is 11.3 Å². The van der Waals surface area contributed by atoms with E-state index >= 15 is 0 Å². The van der Waals surface area contributed by atoms with Crippen LogP contribution < -0.4 is 5.32 Å². The number of anilines is 1. The van der Waals surface area contributed by atoms with E-state index in [-0.39, 0.29) is 5.91 Å². The second kappa shape index (κ2) is 6.34. The van der Waals surface area contributed by atoms with Crippen molar-refractivity contribution in [3.63, 3.8) is 0 Å². The van der Waals surface area contributed by atoms with Crippen molar-refractivity contribution in [2.24, 2.45) is 0 Å². The molecule has 0 aliphatic rings. The lowest BCUT2D eigenvalue weighted by atomic mass is 10.1. The van der Waals surface area contributed by atoms with Crippen LogP contribution >= 0.6 is 0 Å². The van der Waals surface area contributed by atoms with E-state index in [1.54, 1.807) is 6.20 Å². The molecule has 1 amide bonds. The zero-order valence-electron chi connectivity index (χ0n) is 12.0. The average Bonchev–Trinajstić information content (AvgIpc) is 2.87. The summed E-state index contributed by atoms with van der Waals surface area (Å²) in [5.41, 5.74) is 1.73. The van der Waals surface area contributed by atoms with E-state index in [4.69, 9.17) is 4.42 Å². The molecule has 0 atom stereocenters. The summed E-state index contributed by atoms with van der Waals surface area (Å²) in [7, 11) is 3.93. The number of carbonyl (C=O) groups excluding carboxylic acids is 1. The lowest BCUT2D eigenvalue weighted by Crippen LogP contribution is -2.10. The maximum atomic E-state index is 11.3. The van der Waals surface area contributed by atoms with Gasteiger partial charge in [-0.2, -0.15) is 0 Å². The van der Waals surface area contributed by atoms with Crippen molar-refractivity contribution >= 4 is 11.6 Å². The molecule has 106 valence electrons. The number of hydrogen-bond acceptors (Lipinski definition) is 4. The van der Waals surface area contributed by atoms with Crippen LogP contribution in [0.1, 0.15) is 19.2 Å². The minimum Gasteiger partial charge on any atom is -0.439 e. The fourth-order valence-electron chi connectivity index (χ4n) is 1.75. The molecule has 0 aliphatic heterocycles. The predicted molar refractivity (Wildman–Crippen MR) is 78.3 cm³/mol. The number of benzene rings is 1. The van der Waals surface area contributed by atoms with Gasteiger partial charge in [0.15, 0.2) is 5.76 Å². The Bertz CT molecular complexity index is 573. The molecule has 0 spiro atoms. The highest BCUT2D eigenvalue weighted by Gasteiger charge is 2.07. The van der Waals surface area contributed by atoms with Crippen LogP contribution in [0.15, 0.2) is 34.9 Å². The van der Waals surface area contributed by atoms with Crippen molar-refractivity contribution in [1.29, 1.82) is 0 Å². The maximum absolute atomic E-state index is 11.3. The maximum Gasteiger partial charge on any atom is 0.224 e. The van der Waals surface area contributed by atoms with Crippen molar-refractivity contribution in [2.45, 2.75) is 19.9 Å². The Hall–Kier alpha value is -2.14. The Labute approximate surface area is 118 Å². The number of oxazole rings is 1. The summed E-state index contributed by atoms with van der Waals surface area (Å²) in [6.45, 7) is 2.50. The fourth-order valence-corrected chi connectivity index (χ4v) is 1.75. The average molecular weight is 273 g/mol. The third-order valence-electron chi connectivity index (χ3n) is 2.78. The standard InChI is InChI=1S/C15H19N3O2/c1-4-14(19)17-12-7-5-11(6-8-12)13-9-16-15(20-13)10-18(2)3/h5-9H,4,10H2,1-3H3,(H,17,19). The van der Waals surface area contributed by atoms with Crippen LogP contribution in [0.2, 0.25) is 0 Å². The zero-order valence-corrected chi connectivity index (χ0v) is 12.0. The molecule has 0 saturated heterocycles. The topological polar surface area (TPSA) is 58.4 Å². The fraction of sp³-hybridized carbons (Fsp3) is 0.333. The molecule has 1 heterocycles. The highest BCUT2D eigenvalue weighted by atomic mass is 16.4. The summed E-state index contributed by atoms with van der Waals surface area (Å²) in [6, 6.07) is 7.53. The molecule has 0 bridgehead atoms. The van der Waals surface area contributed by atoms with Crippen molar-refractivity contribution in [3.8, 4) is 11.3 Å². The SMILES string of the molecule is CCC(=O)Nc1ccc(-c2cnc(CN(C)C)o2)cc1. The van der Waals surface area contributed by atoms with Gasteiger partial charge in [-0.3, -0.25) is 4.79 Å². The highest BCUT2D eigenvalue weighted by molar-refractivity contribution is 5.90. The van der Waals surface area contributed by atoms with E-state index in [0.29, 0.717) is 18.9 Å². The van der Waals surface area contributed by atoms with Gasteiger partial charge in [-0.1, -0.05) is 6.92 Å². The summed E-state index contributed by atoms with van der Waals surface area (Å²) in [6.07, 6.45) is 2.19. The first kappa shape index (κ1) is 14.3. The lowest BCUT2D eigenvalue weighted by molar-refractivity contribution is -0.115. The van der Waals surface area contributed by atoms with Crippen molar-refractivity contribution in [2.75, 3.05) is 19.4 Å². The number of aromatic nitrogens is 1. The molecule has 0 radical (unpaired) electrons. The van der Waals surface area contributed by atoms with E-state index in [0.717, 1.165) is 17.0 Å². The molecule has 5 heteroatoms. The molecule has 0 fully saturated rings. The van der Waals surface area contributed by atoms with Gasteiger partial charge in [0.25, 0.3) is 0 Å². The molecule has 0 saturated carbocycles. The summed E-state index contributed by atoms with van der Waals surface area (Å²) in [4.78, 5) is 17.5. The number of hydrogen-bond donors (Lipinski definition) is 1. The Morgan fingerprint density at radius 1 is 1.30 bits per heavy atom. The first-order valence-corrected chi connectivity index (χ1v) is 6.58. The van der Waals surface area contributed by atoms with Gasteiger partial charge in [0, 0.05) is 17.7 Å². The number of nitrogens with zero attached hydrogens (tertiary/aromatic N) is 2. The Morgan fingerprint density at radius 2 is 2.00 bits per heavy atom. The molecule has 20 heavy (non-hydrogen) atoms. The van der Waals surface area contributed by atoms with Gasteiger partial charge in [0.05, 0.1) is 12.7 Å². The van der Waals surface area contributed by atoms with E-state index < -0.39 is 0 Å². The Kier molecular flexibility index (Phi) is 4.53. The van der Waals surface area contributed by atoms with Gasteiger partial charge in [0.1, 0.15) is 0 Å². The molecular weight excluding hydrogens is 254 g/mol. The molecule has 0 aliphatic carbocycles. The zero-order chi connectivity index (χ0) is 14.5. The van der Waals surface area contributed by atoms with Gasteiger partial charge < -0.3 is 14.6 Å². The van der Waals surface area contributed by atoms with Gasteiger partial charge in [-0.05, 0) is 38.4 Å². The largest absolute Gasteiger partial charge is 0.439 e. The molecule has 1 aromatic carbocycles. The van der Waals surface area contributed by atoms with Crippen molar-refractivity contribution in [3.05, 3.63) is 36.4 Å². The molecule has 1 aromatic heterocycles. The highest BCUT2D eigenvalue weighted by Crippen LogP contribution is 2.22. The van der Waals surface area contributed by atoms with E-state index in [1.807, 2.05) is 50.2 Å². The predicted octanol–water partition coefficient (Wildman–Crippen LogP) is 2.75. The first-order valence-electron chi connectivity index (χ1n) is 6.58. The van der Waals surface area contributed by atoms with Gasteiger partial charge >= 0.3 is 0 Å². The quantitative estimate of drug-likeness (QED) is 0.910. The van der Waals surface area contributed by atoms with E-state index in [9.17, 15) is 4.79 Å². The minimum absolute atomic E-state index is 0.00526. The smallest absolute Gasteiger partial charge is 0.224 e. The lowest BCUT2D eigenvalue weighted by Gasteiger charge is -2.05. The molecule has 2 rings (SSSR count). The van der Waals surface area contributed by atoms with E-state index in [2.05, 4.69) is 10.3 Å². The number of carbonyl (C=O) groups is 1. The van der Waals surface area contributed by atoms with E-state index in [1.165, 1.54) is 0 Å². The summed E-state index contributed by atoms with van der Waals surface area (Å²) < 4.78 is 5.68. The monoisotopic (exact) mass is 273 g/mol. The normalized spacial score (nSPS) is 10.8. The third kappa shape index (κ3) is 3.68. The van der Waals surface area contributed by atoms with Gasteiger partial charge in [-0.25, -0.2) is 4.98 Å². The Balaban J connectivity index is 2.09. The minimum atomic E-state index is 0.00526. The molecular formula is C15H19N3O2. The summed E-state index contributed by atoms with van der Waals surface area (Å²) in [5, 5.41) is 2.81. The summed E-state index contributed by atoms with van der Waals surface area (Å²) >= 11 is 0. The van der Waals surface area contributed by atoms with Crippen LogP contribution in [-0.4, -0.2) is 29.9 Å². The van der Waals surface area contributed by atoms with Crippen LogP contribution in [0.25, 0.3) is 11.3 Å². The molecule has 5 nitrogen and oxygen atoms in total. The number of amides is 1. The third-order valence-corrected chi connectivity index (χ3v) is 2.78. The molecule has 1 N–H and O–H groups in total. The Morgan fingerprint density at radius 3 is 2.60 bits per heavy atom. The van der Waals surface area contributed by atoms with Crippen molar-refractivity contribution < 1.29 is 9.21 Å². The van der Waals surface area contributed by atoms with Crippen molar-refractivity contribution in [1.82, 2.24) is 9.88 Å². The van der Waals surface area contributed by atoms with Crippen LogP contribution in [0, 0.1) is 0 Å². The molecule has 0 unspecified atom stereocenters. The molecule has 2 aromatic rings. The second-order valence-corrected chi connectivity index (χ2v) is 4.84.